The summed E-state index contributed by atoms with van der Waals surface area (Å²) in [7, 11) is -3.79. The lowest BCUT2D eigenvalue weighted by atomic mass is 10.0. The maximum Gasteiger partial charge on any atom is 0.335 e. The minimum absolute atomic E-state index is 0.0249. The molecule has 0 bridgehead atoms. The summed E-state index contributed by atoms with van der Waals surface area (Å²) in [5.41, 5.74) is 0.823. The second-order valence-electron chi connectivity index (χ2n) is 6.07. The number of carbonyl (C=O) groups is 1. The average molecular weight is 364 g/mol. The van der Waals surface area contributed by atoms with Crippen molar-refractivity contribution in [1.82, 2.24) is 19.3 Å². The Balaban J connectivity index is 1.59. The summed E-state index contributed by atoms with van der Waals surface area (Å²) in [6, 6.07) is 5.35. The van der Waals surface area contributed by atoms with Gasteiger partial charge in [-0.05, 0) is 24.6 Å². The molecule has 4 rings (SSSR count). The van der Waals surface area contributed by atoms with Gasteiger partial charge in [-0.2, -0.15) is 4.31 Å². The van der Waals surface area contributed by atoms with Crippen LogP contribution in [0, 0.1) is 0 Å². The van der Waals surface area contributed by atoms with Gasteiger partial charge in [-0.1, -0.05) is 11.3 Å². The van der Waals surface area contributed by atoms with Crippen LogP contribution in [0.4, 0.5) is 0 Å². The van der Waals surface area contributed by atoms with Crippen molar-refractivity contribution in [3.63, 3.8) is 0 Å². The minimum Gasteiger partial charge on any atom is -0.478 e. The Labute approximate surface area is 143 Å². The van der Waals surface area contributed by atoms with Crippen molar-refractivity contribution in [1.29, 1.82) is 0 Å². The normalized spacial score (nSPS) is 23.7. The third kappa shape index (κ3) is 2.71. The lowest BCUT2D eigenvalue weighted by Crippen LogP contribution is -2.50. The molecule has 9 nitrogen and oxygen atoms in total. The fourth-order valence-corrected chi connectivity index (χ4v) is 4.83. The van der Waals surface area contributed by atoms with Crippen molar-refractivity contribution in [2.45, 2.75) is 30.1 Å². The second kappa shape index (κ2) is 5.90. The molecule has 3 heterocycles. The minimum atomic E-state index is -3.79. The summed E-state index contributed by atoms with van der Waals surface area (Å²) in [5, 5.41) is 17.0. The standard InChI is InChI=1S/C15H16N4O5S/c20-15(21)10-2-1-3-12(6-10)25(22,23)18-5-4-13-14(8-18)24-9-11-7-16-17-19(11)13/h1-3,6-7,13-14H,4-5,8-9H2,(H,20,21)/t13-,14-/m0/s1. The van der Waals surface area contributed by atoms with Crippen molar-refractivity contribution in [2.75, 3.05) is 13.1 Å². The number of carboxylic acids is 1. The Kier molecular flexibility index (Phi) is 3.82. The van der Waals surface area contributed by atoms with E-state index >= 15 is 0 Å². The summed E-state index contributed by atoms with van der Waals surface area (Å²) in [6.45, 7) is 0.851. The lowest BCUT2D eigenvalue weighted by Gasteiger charge is -2.40. The summed E-state index contributed by atoms with van der Waals surface area (Å²) in [4.78, 5) is 11.1. The van der Waals surface area contributed by atoms with Gasteiger partial charge in [-0.25, -0.2) is 17.9 Å². The van der Waals surface area contributed by atoms with E-state index in [0.29, 0.717) is 19.6 Å². The SMILES string of the molecule is O=C(O)c1cccc(S(=O)(=O)N2CC[C@H]3[C@H](C2)OCc2cnnn23)c1. The highest BCUT2D eigenvalue weighted by molar-refractivity contribution is 7.89. The van der Waals surface area contributed by atoms with Crippen LogP contribution in [0.5, 0.6) is 0 Å². The quantitative estimate of drug-likeness (QED) is 0.844. The summed E-state index contributed by atoms with van der Waals surface area (Å²) in [6.07, 6.45) is 1.90. The van der Waals surface area contributed by atoms with Gasteiger partial charge in [0, 0.05) is 13.1 Å². The molecule has 0 radical (unpaired) electrons. The topological polar surface area (TPSA) is 115 Å². The Morgan fingerprint density at radius 3 is 3.00 bits per heavy atom. The van der Waals surface area contributed by atoms with E-state index in [9.17, 15) is 13.2 Å². The van der Waals surface area contributed by atoms with Crippen LogP contribution in [0.3, 0.4) is 0 Å². The third-order valence-electron chi connectivity index (χ3n) is 4.61. The predicted octanol–water partition coefficient (Wildman–Crippen LogP) is 0.511. The maximum atomic E-state index is 12.9. The molecule has 2 aromatic rings. The largest absolute Gasteiger partial charge is 0.478 e. The number of hydrogen-bond donors (Lipinski definition) is 1. The number of benzene rings is 1. The molecule has 1 saturated heterocycles. The molecule has 0 aliphatic carbocycles. The monoisotopic (exact) mass is 364 g/mol. The Morgan fingerprint density at radius 1 is 1.36 bits per heavy atom. The van der Waals surface area contributed by atoms with E-state index in [0.717, 1.165) is 5.69 Å². The lowest BCUT2D eigenvalue weighted by molar-refractivity contribution is -0.0544. The van der Waals surface area contributed by atoms with Crippen molar-refractivity contribution in [3.05, 3.63) is 41.7 Å². The van der Waals surface area contributed by atoms with Crippen LogP contribution in [0.1, 0.15) is 28.5 Å². The number of aromatic carboxylic acids is 1. The molecule has 2 aliphatic heterocycles. The molecule has 0 spiro atoms. The number of hydrogen-bond acceptors (Lipinski definition) is 6. The number of piperidine rings is 1. The first-order valence-corrected chi connectivity index (χ1v) is 9.25. The smallest absolute Gasteiger partial charge is 0.335 e. The fraction of sp³-hybridized carbons (Fsp3) is 0.400. The zero-order chi connectivity index (χ0) is 17.6. The number of carboxylic acid groups (broad SMARTS) is 1. The molecule has 2 atom stereocenters. The van der Waals surface area contributed by atoms with Gasteiger partial charge in [0.1, 0.15) is 0 Å². The molecule has 0 unspecified atom stereocenters. The van der Waals surface area contributed by atoms with E-state index in [1.165, 1.54) is 28.6 Å². The maximum absolute atomic E-state index is 12.9. The molecule has 10 heteroatoms. The van der Waals surface area contributed by atoms with Crippen LogP contribution < -0.4 is 0 Å². The van der Waals surface area contributed by atoms with Gasteiger partial charge in [0.25, 0.3) is 0 Å². The molecule has 0 amide bonds. The molecule has 132 valence electrons. The van der Waals surface area contributed by atoms with Gasteiger partial charge >= 0.3 is 5.97 Å². The van der Waals surface area contributed by atoms with Gasteiger partial charge in [-0.15, -0.1) is 5.10 Å². The molecule has 25 heavy (non-hydrogen) atoms. The highest BCUT2D eigenvalue weighted by atomic mass is 32.2. The first kappa shape index (κ1) is 16.2. The Hall–Kier alpha value is -2.30. The number of sulfonamides is 1. The molecule has 1 N–H and O–H groups in total. The zero-order valence-electron chi connectivity index (χ0n) is 13.1. The summed E-state index contributed by atoms with van der Waals surface area (Å²) in [5.74, 6) is -1.16. The van der Waals surface area contributed by atoms with Crippen molar-refractivity contribution >= 4 is 16.0 Å². The van der Waals surface area contributed by atoms with Crippen LogP contribution in [0.15, 0.2) is 35.4 Å². The van der Waals surface area contributed by atoms with Crippen LogP contribution in [-0.2, 0) is 21.4 Å². The molecule has 1 fully saturated rings. The third-order valence-corrected chi connectivity index (χ3v) is 6.48. The van der Waals surface area contributed by atoms with E-state index < -0.39 is 16.0 Å². The van der Waals surface area contributed by atoms with Gasteiger partial charge in [0.2, 0.25) is 10.0 Å². The number of nitrogens with zero attached hydrogens (tertiary/aromatic N) is 4. The highest BCUT2D eigenvalue weighted by Crippen LogP contribution is 2.32. The zero-order valence-corrected chi connectivity index (χ0v) is 14.0. The fourth-order valence-electron chi connectivity index (χ4n) is 3.32. The average Bonchev–Trinajstić information content (AvgIpc) is 3.10. The van der Waals surface area contributed by atoms with E-state index in [1.54, 1.807) is 6.20 Å². The van der Waals surface area contributed by atoms with Gasteiger partial charge in [0.05, 0.1) is 41.1 Å². The first-order valence-electron chi connectivity index (χ1n) is 7.81. The molecular weight excluding hydrogens is 348 g/mol. The van der Waals surface area contributed by atoms with E-state index in [2.05, 4.69) is 10.3 Å². The van der Waals surface area contributed by atoms with Crippen LogP contribution >= 0.6 is 0 Å². The van der Waals surface area contributed by atoms with Crippen molar-refractivity contribution in [2.24, 2.45) is 0 Å². The number of fused-ring (bicyclic) bond motifs is 3. The highest BCUT2D eigenvalue weighted by Gasteiger charge is 2.40. The number of aromatic nitrogens is 3. The molecule has 1 aromatic carbocycles. The van der Waals surface area contributed by atoms with Crippen molar-refractivity contribution < 1.29 is 23.1 Å². The molecule has 0 saturated carbocycles. The molecular formula is C15H16N4O5S. The van der Waals surface area contributed by atoms with E-state index in [4.69, 9.17) is 9.84 Å². The van der Waals surface area contributed by atoms with Gasteiger partial charge in [-0.3, -0.25) is 0 Å². The Bertz CT molecular complexity index is 926. The van der Waals surface area contributed by atoms with E-state index in [-0.39, 0.29) is 29.1 Å². The predicted molar refractivity (Wildman–Crippen MR) is 84.4 cm³/mol. The van der Waals surface area contributed by atoms with Crippen LogP contribution in [0.2, 0.25) is 0 Å². The van der Waals surface area contributed by atoms with Gasteiger partial charge in [0.15, 0.2) is 0 Å². The van der Waals surface area contributed by atoms with E-state index in [1.807, 2.05) is 4.68 Å². The van der Waals surface area contributed by atoms with Crippen LogP contribution in [0.25, 0.3) is 0 Å². The number of rotatable bonds is 3. The summed E-state index contributed by atoms with van der Waals surface area (Å²) >= 11 is 0. The first-order chi connectivity index (χ1) is 12.0. The number of ether oxygens (including phenoxy) is 1. The molecule has 2 aliphatic rings. The van der Waals surface area contributed by atoms with Gasteiger partial charge < -0.3 is 9.84 Å². The molecule has 1 aromatic heterocycles. The van der Waals surface area contributed by atoms with Crippen molar-refractivity contribution in [3.8, 4) is 0 Å². The second-order valence-corrected chi connectivity index (χ2v) is 8.01. The Morgan fingerprint density at radius 2 is 2.20 bits per heavy atom. The van der Waals surface area contributed by atoms with Crippen LogP contribution in [-0.4, -0.2) is 58.0 Å². The summed E-state index contributed by atoms with van der Waals surface area (Å²) < 4.78 is 34.7.